The first-order chi connectivity index (χ1) is 17.4. The zero-order valence-corrected chi connectivity index (χ0v) is 21.5. The highest BCUT2D eigenvalue weighted by Gasteiger charge is 2.28. The first-order valence-corrected chi connectivity index (χ1v) is 12.8. The van der Waals surface area contributed by atoms with Crippen LogP contribution < -0.4 is 20.3 Å². The van der Waals surface area contributed by atoms with Crippen LogP contribution in [0.2, 0.25) is 5.02 Å². The van der Waals surface area contributed by atoms with E-state index in [1.807, 2.05) is 44.7 Å². The molecular weight excluding hydrogens is 478 g/mol. The molecule has 4 aromatic rings. The Labute approximate surface area is 214 Å². The molecule has 188 valence electrons. The van der Waals surface area contributed by atoms with Crippen LogP contribution in [-0.4, -0.2) is 57.8 Å². The van der Waals surface area contributed by atoms with Crippen LogP contribution in [0.4, 0.5) is 11.4 Å². The lowest BCUT2D eigenvalue weighted by Crippen LogP contribution is -2.43. The Bertz CT molecular complexity index is 1460. The van der Waals surface area contributed by atoms with Gasteiger partial charge in [0, 0.05) is 68.1 Å². The van der Waals surface area contributed by atoms with Crippen LogP contribution in [0.1, 0.15) is 36.0 Å². The number of aromatic nitrogens is 4. The minimum absolute atomic E-state index is 0.268. The molecule has 0 unspecified atom stereocenters. The maximum absolute atomic E-state index is 13.5. The Morgan fingerprint density at radius 1 is 1.03 bits per heavy atom. The second kappa shape index (κ2) is 8.97. The van der Waals surface area contributed by atoms with Crippen molar-refractivity contribution in [2.45, 2.75) is 37.8 Å². The third kappa shape index (κ3) is 4.16. The van der Waals surface area contributed by atoms with Crippen LogP contribution in [0.5, 0.6) is 5.75 Å². The molecule has 0 bridgehead atoms. The summed E-state index contributed by atoms with van der Waals surface area (Å²) in [5, 5.41) is 18.0. The van der Waals surface area contributed by atoms with Crippen molar-refractivity contribution < 1.29 is 9.53 Å². The van der Waals surface area contributed by atoms with Gasteiger partial charge in [-0.05, 0) is 43.9 Å². The van der Waals surface area contributed by atoms with Crippen LogP contribution in [0.25, 0.3) is 21.8 Å². The minimum Gasteiger partial charge on any atom is -0.493 e. The van der Waals surface area contributed by atoms with Gasteiger partial charge in [0.1, 0.15) is 16.1 Å². The monoisotopic (exact) mass is 507 g/mol. The molecular formula is C26H30ClN7O2. The Hall–Kier alpha value is -3.30. The van der Waals surface area contributed by atoms with Crippen molar-refractivity contribution in [3.8, 4) is 5.75 Å². The maximum Gasteiger partial charge on any atom is 0.258 e. The second-order valence-corrected chi connectivity index (χ2v) is 10.2. The van der Waals surface area contributed by atoms with Gasteiger partial charge >= 0.3 is 0 Å². The predicted molar refractivity (Wildman–Crippen MR) is 142 cm³/mol. The first kappa shape index (κ1) is 23.1. The number of aryl methyl sites for hydroxylation is 2. The summed E-state index contributed by atoms with van der Waals surface area (Å²) in [5.41, 5.74) is 3.42. The van der Waals surface area contributed by atoms with Crippen molar-refractivity contribution in [1.82, 2.24) is 24.9 Å². The van der Waals surface area contributed by atoms with Gasteiger partial charge in [0.2, 0.25) is 0 Å². The van der Waals surface area contributed by atoms with Gasteiger partial charge in [-0.25, -0.2) is 0 Å². The molecule has 2 aliphatic rings. The average molecular weight is 508 g/mol. The van der Waals surface area contributed by atoms with Crippen LogP contribution in [-0.2, 0) is 14.1 Å². The van der Waals surface area contributed by atoms with Crippen LogP contribution in [0.3, 0.4) is 0 Å². The predicted octanol–water partition coefficient (Wildman–Crippen LogP) is 4.10. The summed E-state index contributed by atoms with van der Waals surface area (Å²) in [7, 11) is 5.24. The highest BCUT2D eigenvalue weighted by molar-refractivity contribution is 6.37. The summed E-state index contributed by atoms with van der Waals surface area (Å²) in [6, 6.07) is 7.07. The molecule has 6 rings (SSSR count). The summed E-state index contributed by atoms with van der Waals surface area (Å²) in [6.45, 7) is 1.97. The van der Waals surface area contributed by atoms with E-state index in [2.05, 4.69) is 25.7 Å². The van der Waals surface area contributed by atoms with Gasteiger partial charge in [-0.1, -0.05) is 11.6 Å². The Kier molecular flexibility index (Phi) is 5.76. The molecule has 1 amide bonds. The molecule has 1 aliphatic carbocycles. The van der Waals surface area contributed by atoms with Gasteiger partial charge in [0.05, 0.1) is 18.4 Å². The van der Waals surface area contributed by atoms with Gasteiger partial charge in [0.25, 0.3) is 5.91 Å². The molecule has 1 aliphatic heterocycles. The molecule has 0 spiro atoms. The molecule has 1 saturated carbocycles. The number of rotatable bonds is 6. The Balaban J connectivity index is 1.29. The fraction of sp³-hybridized carbons (Fsp3) is 0.423. The largest absolute Gasteiger partial charge is 0.493 e. The number of methoxy groups -OCH3 is 1. The van der Waals surface area contributed by atoms with E-state index >= 15 is 0 Å². The normalized spacial score (nSPS) is 16.7. The van der Waals surface area contributed by atoms with Crippen molar-refractivity contribution in [3.05, 3.63) is 41.2 Å². The zero-order chi connectivity index (χ0) is 25.0. The lowest BCUT2D eigenvalue weighted by Gasteiger charge is -2.34. The standard InChI is InChI=1S/C26H30ClN7O2/c1-32-13-15-12-20(25(36-3)22(27)23(15)30-32)29-26(35)18-6-7-21(19-14-33(2)31-24(18)19)34-10-8-17(9-11-34)28-16-4-5-16/h6-7,12-14,16-17,28H,4-5,8-11H2,1-3H3,(H,29,35). The number of nitrogens with zero attached hydrogens (tertiary/aromatic N) is 5. The van der Waals surface area contributed by atoms with E-state index in [0.29, 0.717) is 39.1 Å². The topological polar surface area (TPSA) is 89.2 Å². The number of ether oxygens (including phenoxy) is 1. The number of carbonyl (C=O) groups is 1. The van der Waals surface area contributed by atoms with Crippen molar-refractivity contribution in [1.29, 1.82) is 0 Å². The Morgan fingerprint density at radius 3 is 2.44 bits per heavy atom. The van der Waals surface area contributed by atoms with Gasteiger partial charge in [-0.15, -0.1) is 0 Å². The average Bonchev–Trinajstić information content (AvgIpc) is 3.45. The summed E-state index contributed by atoms with van der Waals surface area (Å²) < 4.78 is 8.98. The van der Waals surface area contributed by atoms with E-state index in [-0.39, 0.29) is 5.91 Å². The number of amides is 1. The van der Waals surface area contributed by atoms with Crippen molar-refractivity contribution in [3.63, 3.8) is 0 Å². The number of piperidine rings is 1. The van der Waals surface area contributed by atoms with E-state index < -0.39 is 0 Å². The number of carbonyl (C=O) groups excluding carboxylic acids is 1. The molecule has 1 saturated heterocycles. The molecule has 36 heavy (non-hydrogen) atoms. The number of hydrogen-bond donors (Lipinski definition) is 2. The highest BCUT2D eigenvalue weighted by Crippen LogP contribution is 2.39. The maximum atomic E-state index is 13.5. The fourth-order valence-electron chi connectivity index (χ4n) is 5.25. The van der Waals surface area contributed by atoms with Gasteiger partial charge in [0.15, 0.2) is 5.75 Å². The number of hydrogen-bond acceptors (Lipinski definition) is 6. The zero-order valence-electron chi connectivity index (χ0n) is 20.7. The summed E-state index contributed by atoms with van der Waals surface area (Å²) in [6.07, 6.45) is 8.72. The van der Waals surface area contributed by atoms with Crippen LogP contribution in [0.15, 0.2) is 30.6 Å². The molecule has 10 heteroatoms. The lowest BCUT2D eigenvalue weighted by atomic mass is 10.0. The summed E-state index contributed by atoms with van der Waals surface area (Å²) >= 11 is 6.56. The van der Waals surface area contributed by atoms with E-state index in [0.717, 1.165) is 48.4 Å². The van der Waals surface area contributed by atoms with Crippen molar-refractivity contribution in [2.24, 2.45) is 14.1 Å². The molecule has 0 radical (unpaired) electrons. The summed E-state index contributed by atoms with van der Waals surface area (Å²) in [4.78, 5) is 15.9. The van der Waals surface area contributed by atoms with Crippen molar-refractivity contribution >= 4 is 50.7 Å². The number of halogens is 1. The fourth-order valence-corrected chi connectivity index (χ4v) is 5.57. The highest BCUT2D eigenvalue weighted by atomic mass is 35.5. The molecule has 3 heterocycles. The number of fused-ring (bicyclic) bond motifs is 2. The molecule has 9 nitrogen and oxygen atoms in total. The van der Waals surface area contributed by atoms with Crippen LogP contribution in [0, 0.1) is 0 Å². The lowest BCUT2D eigenvalue weighted by molar-refractivity contribution is 0.102. The van der Waals surface area contributed by atoms with E-state index in [1.54, 1.807) is 9.36 Å². The van der Waals surface area contributed by atoms with Crippen LogP contribution >= 0.6 is 11.6 Å². The van der Waals surface area contributed by atoms with Gasteiger partial charge < -0.3 is 20.3 Å². The molecule has 2 aromatic carbocycles. The van der Waals surface area contributed by atoms with E-state index in [4.69, 9.17) is 16.3 Å². The first-order valence-electron chi connectivity index (χ1n) is 12.4. The van der Waals surface area contributed by atoms with Gasteiger partial charge in [-0.3, -0.25) is 14.2 Å². The third-order valence-corrected chi connectivity index (χ3v) is 7.51. The molecule has 2 aromatic heterocycles. The van der Waals surface area contributed by atoms with Crippen molar-refractivity contribution in [2.75, 3.05) is 30.4 Å². The molecule has 2 fully saturated rings. The summed E-state index contributed by atoms with van der Waals surface area (Å²) in [5.74, 6) is 0.114. The quantitative estimate of drug-likeness (QED) is 0.408. The smallest absolute Gasteiger partial charge is 0.258 e. The number of nitrogens with one attached hydrogen (secondary N) is 2. The minimum atomic E-state index is -0.268. The van der Waals surface area contributed by atoms with E-state index in [9.17, 15) is 4.79 Å². The molecule has 2 N–H and O–H groups in total. The Morgan fingerprint density at radius 2 is 1.72 bits per heavy atom. The van der Waals surface area contributed by atoms with Gasteiger partial charge in [-0.2, -0.15) is 10.2 Å². The third-order valence-electron chi connectivity index (χ3n) is 7.16. The number of anilines is 2. The second-order valence-electron chi connectivity index (χ2n) is 9.87. The SMILES string of the molecule is COc1c(NC(=O)c2ccc(N3CCC(NC4CC4)CC3)c3cn(C)nc23)cc2cn(C)nc2c1Cl. The molecule has 0 atom stereocenters. The number of benzene rings is 2. The van der Waals surface area contributed by atoms with E-state index in [1.165, 1.54) is 20.0 Å².